The third-order valence-electron chi connectivity index (χ3n) is 3.76. The summed E-state index contributed by atoms with van der Waals surface area (Å²) in [6.45, 7) is 2.30. The fourth-order valence-electron chi connectivity index (χ4n) is 2.30. The van der Waals surface area contributed by atoms with Crippen molar-refractivity contribution in [2.24, 2.45) is 5.14 Å². The Hall–Kier alpha value is -2.91. The van der Waals surface area contributed by atoms with Crippen LogP contribution in [-0.4, -0.2) is 33.4 Å². The van der Waals surface area contributed by atoms with E-state index < -0.39 is 21.8 Å². The molecule has 0 heterocycles. The predicted molar refractivity (Wildman–Crippen MR) is 106 cm³/mol. The van der Waals surface area contributed by atoms with Crippen LogP contribution < -0.4 is 20.5 Å². The minimum atomic E-state index is -3.79. The summed E-state index contributed by atoms with van der Waals surface area (Å²) >= 11 is 0. The van der Waals surface area contributed by atoms with E-state index in [0.29, 0.717) is 23.6 Å². The molecular formula is C19H23N3O5S. The number of anilines is 1. The highest BCUT2D eigenvalue weighted by Crippen LogP contribution is 2.18. The van der Waals surface area contributed by atoms with Gasteiger partial charge in [-0.3, -0.25) is 9.59 Å². The summed E-state index contributed by atoms with van der Waals surface area (Å²) in [6.07, 6.45) is 1.86. The molecule has 2 aromatic rings. The molecule has 0 bridgehead atoms. The van der Waals surface area contributed by atoms with Gasteiger partial charge in [0.1, 0.15) is 5.75 Å². The molecule has 2 aromatic carbocycles. The number of rotatable bonds is 9. The molecule has 0 unspecified atom stereocenters. The number of hydrogen-bond acceptors (Lipinski definition) is 5. The summed E-state index contributed by atoms with van der Waals surface area (Å²) < 4.78 is 28.1. The molecule has 8 nitrogen and oxygen atoms in total. The standard InChI is InChI=1S/C19H23N3O5S/c1-2-3-12-27-17-7-5-4-6-16(17)19(24)21-13-18(23)22-14-8-10-15(11-9-14)28(20,25)26/h4-11H,2-3,12-13H2,1H3,(H,21,24)(H,22,23)(H2,20,25,26). The average molecular weight is 405 g/mol. The smallest absolute Gasteiger partial charge is 0.255 e. The molecule has 150 valence electrons. The van der Waals surface area contributed by atoms with Crippen molar-refractivity contribution in [3.05, 3.63) is 54.1 Å². The van der Waals surface area contributed by atoms with Crippen LogP contribution in [0.1, 0.15) is 30.1 Å². The van der Waals surface area contributed by atoms with Crippen molar-refractivity contribution in [2.45, 2.75) is 24.7 Å². The van der Waals surface area contributed by atoms with Gasteiger partial charge in [0.2, 0.25) is 15.9 Å². The molecule has 28 heavy (non-hydrogen) atoms. The van der Waals surface area contributed by atoms with Crippen LogP contribution in [0.25, 0.3) is 0 Å². The molecule has 0 aliphatic carbocycles. The first kappa shape index (κ1) is 21.4. The molecule has 0 spiro atoms. The fraction of sp³-hybridized carbons (Fsp3) is 0.263. The lowest BCUT2D eigenvalue weighted by Gasteiger charge is -2.11. The van der Waals surface area contributed by atoms with Gasteiger partial charge in [-0.15, -0.1) is 0 Å². The number of carbonyl (C=O) groups is 2. The first-order chi connectivity index (χ1) is 13.3. The second-order valence-electron chi connectivity index (χ2n) is 6.00. The van der Waals surface area contributed by atoms with E-state index in [0.717, 1.165) is 12.8 Å². The first-order valence-electron chi connectivity index (χ1n) is 8.74. The maximum atomic E-state index is 12.4. The van der Waals surface area contributed by atoms with Crippen LogP contribution in [0.5, 0.6) is 5.75 Å². The maximum absolute atomic E-state index is 12.4. The number of amides is 2. The number of sulfonamides is 1. The van der Waals surface area contributed by atoms with E-state index >= 15 is 0 Å². The van der Waals surface area contributed by atoms with Crippen molar-refractivity contribution >= 4 is 27.5 Å². The van der Waals surface area contributed by atoms with Crippen LogP contribution in [-0.2, 0) is 14.8 Å². The van der Waals surface area contributed by atoms with Gasteiger partial charge < -0.3 is 15.4 Å². The van der Waals surface area contributed by atoms with E-state index in [1.807, 2.05) is 6.92 Å². The van der Waals surface area contributed by atoms with Gasteiger partial charge in [0.05, 0.1) is 23.6 Å². The molecule has 9 heteroatoms. The predicted octanol–water partition coefficient (Wildman–Crippen LogP) is 1.88. The molecule has 0 aromatic heterocycles. The normalized spacial score (nSPS) is 10.9. The lowest BCUT2D eigenvalue weighted by molar-refractivity contribution is -0.115. The molecule has 4 N–H and O–H groups in total. The van der Waals surface area contributed by atoms with Gasteiger partial charge in [0.25, 0.3) is 5.91 Å². The molecule has 0 atom stereocenters. The minimum Gasteiger partial charge on any atom is -0.493 e. The Bertz CT molecular complexity index is 927. The van der Waals surface area contributed by atoms with Crippen LogP contribution in [0.2, 0.25) is 0 Å². The molecular weight excluding hydrogens is 382 g/mol. The molecule has 2 amide bonds. The third-order valence-corrected chi connectivity index (χ3v) is 4.69. The van der Waals surface area contributed by atoms with E-state index in [9.17, 15) is 18.0 Å². The first-order valence-corrected chi connectivity index (χ1v) is 10.3. The van der Waals surface area contributed by atoms with Crippen LogP contribution in [0.15, 0.2) is 53.4 Å². The van der Waals surface area contributed by atoms with E-state index in [1.54, 1.807) is 24.3 Å². The average Bonchev–Trinajstić information content (AvgIpc) is 2.66. The molecule has 2 rings (SSSR count). The SMILES string of the molecule is CCCCOc1ccccc1C(=O)NCC(=O)Nc1ccc(S(N)(=O)=O)cc1. The highest BCUT2D eigenvalue weighted by atomic mass is 32.2. The number of benzene rings is 2. The second-order valence-corrected chi connectivity index (χ2v) is 7.56. The molecule has 0 saturated heterocycles. The third kappa shape index (κ3) is 6.36. The summed E-state index contributed by atoms with van der Waals surface area (Å²) in [5.41, 5.74) is 0.735. The van der Waals surface area contributed by atoms with Gasteiger partial charge in [-0.05, 0) is 42.8 Å². The van der Waals surface area contributed by atoms with Crippen molar-refractivity contribution in [3.63, 3.8) is 0 Å². The maximum Gasteiger partial charge on any atom is 0.255 e. The van der Waals surface area contributed by atoms with Gasteiger partial charge in [-0.2, -0.15) is 0 Å². The van der Waals surface area contributed by atoms with Crippen LogP contribution >= 0.6 is 0 Å². The number of para-hydroxylation sites is 1. The minimum absolute atomic E-state index is 0.0570. The topological polar surface area (TPSA) is 128 Å². The van der Waals surface area contributed by atoms with Gasteiger partial charge >= 0.3 is 0 Å². The van der Waals surface area contributed by atoms with Crippen LogP contribution in [0.3, 0.4) is 0 Å². The van der Waals surface area contributed by atoms with E-state index in [4.69, 9.17) is 9.88 Å². The number of unbranched alkanes of at least 4 members (excludes halogenated alkanes) is 1. The van der Waals surface area contributed by atoms with E-state index in [1.165, 1.54) is 24.3 Å². The Morgan fingerprint density at radius 2 is 1.75 bits per heavy atom. The molecule has 0 aliphatic rings. The summed E-state index contributed by atoms with van der Waals surface area (Å²) in [5, 5.41) is 10.1. The van der Waals surface area contributed by atoms with Crippen molar-refractivity contribution in [1.82, 2.24) is 5.32 Å². The number of ether oxygens (including phenoxy) is 1. The zero-order valence-corrected chi connectivity index (χ0v) is 16.3. The quantitative estimate of drug-likeness (QED) is 0.549. The van der Waals surface area contributed by atoms with Gasteiger partial charge in [-0.25, -0.2) is 13.6 Å². The summed E-state index contributed by atoms with van der Waals surface area (Å²) in [7, 11) is -3.79. The van der Waals surface area contributed by atoms with Gasteiger partial charge in [-0.1, -0.05) is 25.5 Å². The zero-order valence-electron chi connectivity index (χ0n) is 15.5. The Morgan fingerprint density at radius 1 is 1.07 bits per heavy atom. The van der Waals surface area contributed by atoms with Crippen molar-refractivity contribution in [3.8, 4) is 5.75 Å². The summed E-state index contributed by atoms with van der Waals surface area (Å²) in [6, 6.07) is 12.2. The number of nitrogens with one attached hydrogen (secondary N) is 2. The van der Waals surface area contributed by atoms with Gasteiger partial charge in [0.15, 0.2) is 0 Å². The summed E-state index contributed by atoms with van der Waals surface area (Å²) in [4.78, 5) is 24.3. The highest BCUT2D eigenvalue weighted by Gasteiger charge is 2.13. The van der Waals surface area contributed by atoms with Crippen molar-refractivity contribution in [1.29, 1.82) is 0 Å². The van der Waals surface area contributed by atoms with Crippen molar-refractivity contribution in [2.75, 3.05) is 18.5 Å². The molecule has 0 saturated carbocycles. The van der Waals surface area contributed by atoms with Crippen LogP contribution in [0, 0.1) is 0 Å². The Labute approximate surface area is 164 Å². The molecule has 0 aliphatic heterocycles. The number of carbonyl (C=O) groups excluding carboxylic acids is 2. The Morgan fingerprint density at radius 3 is 2.39 bits per heavy atom. The lowest BCUT2D eigenvalue weighted by atomic mass is 10.2. The monoisotopic (exact) mass is 405 g/mol. The van der Waals surface area contributed by atoms with Crippen molar-refractivity contribution < 1.29 is 22.7 Å². The lowest BCUT2D eigenvalue weighted by Crippen LogP contribution is -2.33. The van der Waals surface area contributed by atoms with Gasteiger partial charge in [0, 0.05) is 5.69 Å². The molecule has 0 fully saturated rings. The van der Waals surface area contributed by atoms with E-state index in [-0.39, 0.29) is 11.4 Å². The Kier molecular flexibility index (Phi) is 7.53. The summed E-state index contributed by atoms with van der Waals surface area (Å²) in [5.74, 6) is -0.416. The fourth-order valence-corrected chi connectivity index (χ4v) is 2.81. The largest absolute Gasteiger partial charge is 0.493 e. The number of hydrogen-bond donors (Lipinski definition) is 3. The molecule has 0 radical (unpaired) electrons. The Balaban J connectivity index is 1.91. The van der Waals surface area contributed by atoms with E-state index in [2.05, 4.69) is 10.6 Å². The second kappa shape index (κ2) is 9.86. The van der Waals surface area contributed by atoms with Crippen LogP contribution in [0.4, 0.5) is 5.69 Å². The number of primary sulfonamides is 1. The number of nitrogens with two attached hydrogens (primary N) is 1. The zero-order chi connectivity index (χ0) is 20.6. The highest BCUT2D eigenvalue weighted by molar-refractivity contribution is 7.89.